The van der Waals surface area contributed by atoms with Gasteiger partial charge in [0, 0.05) is 11.6 Å². The molecule has 152 valence electrons. The van der Waals surface area contributed by atoms with Crippen molar-refractivity contribution in [2.75, 3.05) is 21.3 Å². The first-order valence-electron chi connectivity index (χ1n) is 9.06. The lowest BCUT2D eigenvalue weighted by atomic mass is 9.97. The number of methoxy groups -OCH3 is 3. The average molecular weight is 396 g/mol. The fourth-order valence-electron chi connectivity index (χ4n) is 3.12. The first-order valence-corrected chi connectivity index (χ1v) is 9.06. The van der Waals surface area contributed by atoms with E-state index in [9.17, 15) is 9.90 Å². The number of carbonyl (C=O) groups is 1. The first kappa shape index (κ1) is 20.3. The van der Waals surface area contributed by atoms with E-state index in [0.717, 1.165) is 5.56 Å². The van der Waals surface area contributed by atoms with Crippen LogP contribution in [0.3, 0.4) is 0 Å². The highest BCUT2D eigenvalue weighted by Crippen LogP contribution is 2.39. The number of fused-ring (bicyclic) bond motifs is 1. The van der Waals surface area contributed by atoms with E-state index >= 15 is 0 Å². The Kier molecular flexibility index (Phi) is 5.55. The van der Waals surface area contributed by atoms with E-state index < -0.39 is 5.60 Å². The Bertz CT molecular complexity index is 1000. The van der Waals surface area contributed by atoms with E-state index in [1.165, 1.54) is 39.5 Å². The molecule has 6 nitrogen and oxygen atoms in total. The Morgan fingerprint density at radius 1 is 1.07 bits per heavy atom. The van der Waals surface area contributed by atoms with E-state index in [2.05, 4.69) is 0 Å². The number of ketones is 1. The largest absolute Gasteiger partial charge is 0.507 e. The van der Waals surface area contributed by atoms with Crippen LogP contribution in [0.1, 0.15) is 35.3 Å². The van der Waals surface area contributed by atoms with Crippen LogP contribution >= 0.6 is 0 Å². The number of phenols is 1. The van der Waals surface area contributed by atoms with Crippen molar-refractivity contribution in [1.29, 1.82) is 0 Å². The number of phenolic OH excluding ortho intramolecular Hbond substituents is 1. The zero-order chi connectivity index (χ0) is 21.2. The van der Waals surface area contributed by atoms with E-state index in [1.807, 2.05) is 26.0 Å². The molecule has 2 aromatic carbocycles. The zero-order valence-electron chi connectivity index (χ0n) is 17.1. The predicted molar refractivity (Wildman–Crippen MR) is 111 cm³/mol. The van der Waals surface area contributed by atoms with Gasteiger partial charge in [-0.1, -0.05) is 0 Å². The maximum Gasteiger partial charge on any atom is 0.189 e. The monoisotopic (exact) mass is 396 g/mol. The number of aromatic hydroxyl groups is 1. The third-order valence-corrected chi connectivity index (χ3v) is 4.60. The summed E-state index contributed by atoms with van der Waals surface area (Å²) in [6.07, 6.45) is 6.72. The lowest BCUT2D eigenvalue weighted by Gasteiger charge is -2.29. The summed E-state index contributed by atoms with van der Waals surface area (Å²) < 4.78 is 21.8. The van der Waals surface area contributed by atoms with Crippen LogP contribution in [0.2, 0.25) is 0 Å². The molecule has 0 saturated carbocycles. The summed E-state index contributed by atoms with van der Waals surface area (Å²) in [5, 5.41) is 10.2. The lowest BCUT2D eigenvalue weighted by molar-refractivity contribution is 0.104. The van der Waals surface area contributed by atoms with Gasteiger partial charge in [-0.25, -0.2) is 0 Å². The van der Waals surface area contributed by atoms with Crippen LogP contribution < -0.4 is 18.9 Å². The van der Waals surface area contributed by atoms with Gasteiger partial charge in [0.2, 0.25) is 0 Å². The molecule has 1 aliphatic heterocycles. The molecule has 2 aromatic rings. The summed E-state index contributed by atoms with van der Waals surface area (Å²) in [4.78, 5) is 12.8. The highest BCUT2D eigenvalue weighted by atomic mass is 16.5. The fourth-order valence-corrected chi connectivity index (χ4v) is 3.12. The molecule has 0 aromatic heterocycles. The van der Waals surface area contributed by atoms with Gasteiger partial charge in [-0.2, -0.15) is 0 Å². The maximum absolute atomic E-state index is 12.8. The van der Waals surface area contributed by atoms with Gasteiger partial charge in [0.15, 0.2) is 17.3 Å². The molecule has 0 spiro atoms. The number of allylic oxidation sites excluding steroid dienone is 1. The maximum atomic E-state index is 12.8. The van der Waals surface area contributed by atoms with E-state index in [1.54, 1.807) is 18.2 Å². The Balaban J connectivity index is 1.94. The zero-order valence-corrected chi connectivity index (χ0v) is 17.1. The Morgan fingerprint density at radius 2 is 1.76 bits per heavy atom. The highest BCUT2D eigenvalue weighted by molar-refractivity contribution is 6.09. The number of carbonyl (C=O) groups excluding carboxylic acids is 1. The number of rotatable bonds is 6. The number of benzene rings is 2. The van der Waals surface area contributed by atoms with Crippen LogP contribution in [-0.4, -0.2) is 37.8 Å². The minimum absolute atomic E-state index is 0.0253. The quantitative estimate of drug-likeness (QED) is 0.573. The van der Waals surface area contributed by atoms with Crippen molar-refractivity contribution >= 4 is 17.9 Å². The molecule has 0 amide bonds. The van der Waals surface area contributed by atoms with Gasteiger partial charge in [-0.3, -0.25) is 4.79 Å². The molecule has 0 bridgehead atoms. The third-order valence-electron chi connectivity index (χ3n) is 4.60. The summed E-state index contributed by atoms with van der Waals surface area (Å²) in [5.74, 6) is 1.67. The smallest absolute Gasteiger partial charge is 0.189 e. The minimum Gasteiger partial charge on any atom is -0.507 e. The molecule has 1 heterocycles. The van der Waals surface area contributed by atoms with Crippen LogP contribution in [0.4, 0.5) is 0 Å². The second-order valence-electron chi connectivity index (χ2n) is 7.06. The van der Waals surface area contributed by atoms with E-state index in [4.69, 9.17) is 18.9 Å². The van der Waals surface area contributed by atoms with Crippen LogP contribution in [0, 0.1) is 0 Å². The SMILES string of the molecule is COc1cc(O)c(/C=C/C(=O)c2ccc3c(c2OC)C=CC(C)(C)O3)cc1OC. The molecular weight excluding hydrogens is 372 g/mol. The minimum atomic E-state index is -0.422. The van der Waals surface area contributed by atoms with Crippen molar-refractivity contribution in [2.45, 2.75) is 19.4 Å². The van der Waals surface area contributed by atoms with Crippen molar-refractivity contribution in [2.24, 2.45) is 0 Å². The number of ether oxygens (including phenoxy) is 4. The second kappa shape index (κ2) is 7.91. The number of hydrogen-bond donors (Lipinski definition) is 1. The van der Waals surface area contributed by atoms with Crippen molar-refractivity contribution < 1.29 is 28.8 Å². The molecule has 29 heavy (non-hydrogen) atoms. The Morgan fingerprint density at radius 3 is 2.41 bits per heavy atom. The normalized spacial score (nSPS) is 14.2. The summed E-state index contributed by atoms with van der Waals surface area (Å²) in [6, 6.07) is 6.47. The summed E-state index contributed by atoms with van der Waals surface area (Å²) in [6.45, 7) is 3.91. The van der Waals surface area contributed by atoms with Crippen molar-refractivity contribution in [1.82, 2.24) is 0 Å². The van der Waals surface area contributed by atoms with Crippen LogP contribution in [0.15, 0.2) is 36.4 Å². The molecule has 1 N–H and O–H groups in total. The fraction of sp³-hybridized carbons (Fsp3) is 0.261. The molecule has 6 heteroatoms. The predicted octanol–water partition coefficient (Wildman–Crippen LogP) is 4.50. The Labute approximate surface area is 170 Å². The molecular formula is C23H24O6. The highest BCUT2D eigenvalue weighted by Gasteiger charge is 2.26. The van der Waals surface area contributed by atoms with Gasteiger partial charge in [0.25, 0.3) is 0 Å². The lowest BCUT2D eigenvalue weighted by Crippen LogP contribution is -2.27. The molecule has 0 saturated heterocycles. The van der Waals surface area contributed by atoms with Crippen molar-refractivity contribution in [3.05, 3.63) is 53.1 Å². The molecule has 0 aliphatic carbocycles. The van der Waals surface area contributed by atoms with Gasteiger partial charge in [-0.15, -0.1) is 0 Å². The first-order chi connectivity index (χ1) is 13.8. The average Bonchev–Trinajstić information content (AvgIpc) is 2.70. The number of hydrogen-bond acceptors (Lipinski definition) is 6. The summed E-state index contributed by atoms with van der Waals surface area (Å²) in [7, 11) is 4.50. The van der Waals surface area contributed by atoms with Gasteiger partial charge in [-0.05, 0) is 56.4 Å². The standard InChI is InChI=1S/C23H24O6/c1-23(2)11-10-16-19(29-23)9-7-15(22(16)28-5)17(24)8-6-14-12-20(26-3)21(27-4)13-18(14)25/h6-13,25H,1-5H3/b8-6+. The topological polar surface area (TPSA) is 74.2 Å². The van der Waals surface area contributed by atoms with Crippen LogP contribution in [-0.2, 0) is 0 Å². The van der Waals surface area contributed by atoms with Gasteiger partial charge in [0.05, 0.1) is 32.5 Å². The molecule has 1 aliphatic rings. The van der Waals surface area contributed by atoms with Gasteiger partial charge >= 0.3 is 0 Å². The van der Waals surface area contributed by atoms with E-state index in [0.29, 0.717) is 34.1 Å². The molecule has 3 rings (SSSR count). The van der Waals surface area contributed by atoms with E-state index in [-0.39, 0.29) is 11.5 Å². The van der Waals surface area contributed by atoms with Crippen molar-refractivity contribution in [3.8, 4) is 28.7 Å². The van der Waals surface area contributed by atoms with Gasteiger partial charge < -0.3 is 24.1 Å². The second-order valence-corrected chi connectivity index (χ2v) is 7.06. The molecule has 0 unspecified atom stereocenters. The van der Waals surface area contributed by atoms with Gasteiger partial charge in [0.1, 0.15) is 22.8 Å². The third kappa shape index (κ3) is 4.06. The summed E-state index contributed by atoms with van der Waals surface area (Å²) in [5.41, 5.74) is 1.13. The Hall–Kier alpha value is -3.41. The van der Waals surface area contributed by atoms with Crippen molar-refractivity contribution in [3.63, 3.8) is 0 Å². The molecule has 0 atom stereocenters. The van der Waals surface area contributed by atoms with Crippen LogP contribution in [0.25, 0.3) is 12.2 Å². The summed E-state index contributed by atoms with van der Waals surface area (Å²) >= 11 is 0. The molecule has 0 fully saturated rings. The molecule has 0 radical (unpaired) electrons. The van der Waals surface area contributed by atoms with Crippen LogP contribution in [0.5, 0.6) is 28.7 Å².